The molecule has 5 heterocycles. The van der Waals surface area contributed by atoms with E-state index in [1.54, 1.807) is 0 Å². The summed E-state index contributed by atoms with van der Waals surface area (Å²) < 4.78 is 5.71. The molecule has 0 saturated heterocycles. The average Bonchev–Trinajstić information content (AvgIpc) is 4.07. The zero-order valence-electron chi connectivity index (χ0n) is 30.8. The first kappa shape index (κ1) is 36.6. The van der Waals surface area contributed by atoms with Crippen molar-refractivity contribution in [3.8, 4) is 50.3 Å². The second-order valence-electron chi connectivity index (χ2n) is 13.7. The van der Waals surface area contributed by atoms with Gasteiger partial charge in [-0.25, -0.2) is 9.97 Å². The Morgan fingerprint density at radius 1 is 0.500 bits per heavy atom. The minimum atomic E-state index is -0.243. The Morgan fingerprint density at radius 2 is 0.821 bits per heavy atom. The molecular weight excluding hydrogens is 872 g/mol. The average molecular weight is 908 g/mol. The van der Waals surface area contributed by atoms with Crippen LogP contribution < -0.4 is 14.7 Å². The van der Waals surface area contributed by atoms with E-state index in [9.17, 15) is 4.79 Å². The largest absolute Gasteiger partial charge is 2.00 e. The van der Waals surface area contributed by atoms with E-state index in [2.05, 4.69) is 85.0 Å². The third-order valence-electron chi connectivity index (χ3n) is 10.2. The predicted octanol–water partition coefficient (Wildman–Crippen LogP) is 11.5. The minimum absolute atomic E-state index is 0. The predicted molar refractivity (Wildman–Crippen MR) is 224 cm³/mol. The molecule has 7 heteroatoms. The number of carbonyl (C=O) groups excluding carboxylic acids is 1. The summed E-state index contributed by atoms with van der Waals surface area (Å²) in [6.45, 7) is 3.86. The number of aromatic nitrogens is 4. The Balaban J connectivity index is 0.00000441. The topological polar surface area (TPSA) is 80.3 Å². The molecule has 2 aliphatic heterocycles. The Morgan fingerprint density at radius 3 is 1.14 bits per heavy atom. The molecule has 0 fully saturated rings. The van der Waals surface area contributed by atoms with Gasteiger partial charge in [0.05, 0.1) is 28.7 Å². The molecule has 0 aliphatic carbocycles. The van der Waals surface area contributed by atoms with E-state index in [4.69, 9.17) is 24.7 Å². The number of hydrogen-bond acceptors (Lipinski definition) is 4. The molecule has 9 rings (SSSR count). The second-order valence-corrected chi connectivity index (χ2v) is 13.7. The van der Waals surface area contributed by atoms with Crippen LogP contribution in [0.1, 0.15) is 43.0 Å². The zero-order chi connectivity index (χ0) is 37.3. The first-order valence-electron chi connectivity index (χ1n) is 18.6. The fraction of sp³-hybridized carbons (Fsp3) is 0.0816. The van der Waals surface area contributed by atoms with Gasteiger partial charge in [0.15, 0.2) is 0 Å². The van der Waals surface area contributed by atoms with Crippen LogP contribution in [0.5, 0.6) is 5.75 Å². The summed E-state index contributed by atoms with van der Waals surface area (Å²) in [6, 6.07) is 46.8. The number of ether oxygens (including phenoxy) is 1. The molecular formula is C49H36N4O2Pt. The number of rotatable bonds is 7. The van der Waals surface area contributed by atoms with Crippen LogP contribution in [0.4, 0.5) is 0 Å². The number of esters is 1. The van der Waals surface area contributed by atoms with Gasteiger partial charge in [0.2, 0.25) is 0 Å². The van der Waals surface area contributed by atoms with E-state index < -0.39 is 0 Å². The van der Waals surface area contributed by atoms with E-state index >= 15 is 0 Å². The van der Waals surface area contributed by atoms with Gasteiger partial charge in [-0.15, -0.1) is 22.1 Å². The molecule has 0 radical (unpaired) electrons. The van der Waals surface area contributed by atoms with Crippen molar-refractivity contribution >= 4 is 52.3 Å². The molecule has 56 heavy (non-hydrogen) atoms. The van der Waals surface area contributed by atoms with Gasteiger partial charge in [-0.3, -0.25) is 4.79 Å². The summed E-state index contributed by atoms with van der Waals surface area (Å²) in [7, 11) is 0. The maximum absolute atomic E-state index is 12.6. The first-order chi connectivity index (χ1) is 27.0. The molecule has 0 N–H and O–H groups in total. The number of hydrogen-bond donors (Lipinski definition) is 0. The second kappa shape index (κ2) is 15.8. The number of carbonyl (C=O) groups is 1. The van der Waals surface area contributed by atoms with E-state index in [0.717, 1.165) is 89.4 Å². The van der Waals surface area contributed by atoms with Crippen molar-refractivity contribution in [2.75, 3.05) is 0 Å². The van der Waals surface area contributed by atoms with Crippen LogP contribution in [0, 0.1) is 5.92 Å². The Hall–Kier alpha value is -6.36. The van der Waals surface area contributed by atoms with Crippen molar-refractivity contribution in [1.82, 2.24) is 19.9 Å². The Labute approximate surface area is 340 Å². The van der Waals surface area contributed by atoms with Gasteiger partial charge in [0.1, 0.15) is 5.75 Å². The molecule has 0 saturated carbocycles. The third-order valence-corrected chi connectivity index (χ3v) is 10.2. The molecule has 2 aliphatic rings. The van der Waals surface area contributed by atoms with Crippen LogP contribution in [0.25, 0.3) is 90.9 Å². The molecule has 3 aromatic heterocycles. The minimum Gasteiger partial charge on any atom is -0.657 e. The Bertz CT molecular complexity index is 2750. The first-order valence-corrected chi connectivity index (χ1v) is 18.6. The van der Waals surface area contributed by atoms with E-state index in [1.165, 1.54) is 0 Å². The summed E-state index contributed by atoms with van der Waals surface area (Å²) in [5.41, 5.74) is 14.0. The fourth-order valence-electron chi connectivity index (χ4n) is 7.16. The van der Waals surface area contributed by atoms with Crippen molar-refractivity contribution in [2.24, 2.45) is 5.92 Å². The summed E-state index contributed by atoms with van der Waals surface area (Å²) in [5, 5.41) is 0. The van der Waals surface area contributed by atoms with Gasteiger partial charge in [-0.05, 0) is 87.4 Å². The molecule has 0 spiro atoms. The molecule has 1 atom stereocenters. The maximum atomic E-state index is 12.6. The smallest absolute Gasteiger partial charge is 0.657 e. The summed E-state index contributed by atoms with van der Waals surface area (Å²) >= 11 is 0. The van der Waals surface area contributed by atoms with Crippen LogP contribution in [0.15, 0.2) is 140 Å². The fourth-order valence-corrected chi connectivity index (χ4v) is 7.16. The molecule has 274 valence electrons. The number of fused-ring (bicyclic) bond motifs is 8. The quantitative estimate of drug-likeness (QED) is 0.117. The van der Waals surface area contributed by atoms with Crippen LogP contribution >= 0.6 is 0 Å². The number of nitrogens with zero attached hydrogens (tertiary/aromatic N) is 4. The third kappa shape index (κ3) is 7.00. The molecule has 4 aromatic carbocycles. The van der Waals surface area contributed by atoms with Crippen molar-refractivity contribution in [3.63, 3.8) is 0 Å². The molecule has 7 aromatic rings. The van der Waals surface area contributed by atoms with Crippen LogP contribution in [-0.4, -0.2) is 15.9 Å². The van der Waals surface area contributed by atoms with Crippen molar-refractivity contribution < 1.29 is 30.6 Å². The molecule has 1 unspecified atom stereocenters. The SMILES string of the molecule is CCC(C)C(=O)Oc1ccc(-c2c3nc(c(-c4ccccc4)c4ccc([n-]4)c(-c4ccccc4)c4nc(c(-c5ccccc5)c5ccc2[n-]5)C=C4)C=C3)cc1.[Pt+2]. The van der Waals surface area contributed by atoms with Crippen molar-refractivity contribution in [1.29, 1.82) is 0 Å². The van der Waals surface area contributed by atoms with Crippen LogP contribution in [-0.2, 0) is 25.9 Å². The van der Waals surface area contributed by atoms with Crippen LogP contribution in [0.2, 0.25) is 0 Å². The van der Waals surface area contributed by atoms with E-state index in [-0.39, 0.29) is 33.0 Å². The van der Waals surface area contributed by atoms with Gasteiger partial charge in [-0.1, -0.05) is 141 Å². The van der Waals surface area contributed by atoms with E-state index in [0.29, 0.717) is 12.2 Å². The number of benzene rings is 4. The standard InChI is InChI=1S/C49H36N4O2.Pt/c1-3-31(2)49(54)55-36-21-19-35(20-22-36)48-43-29-27-41(52-43)46(33-15-9-5-10-16-33)39-25-23-37(50-39)45(32-13-7-4-8-14-32)38-24-26-40(51-38)47(34-17-11-6-12-18-34)42-28-30-44(48)53-42;/h4-31H,3H2,1-2H3;/q-2;+2. The zero-order valence-corrected chi connectivity index (χ0v) is 33.1. The summed E-state index contributed by atoms with van der Waals surface area (Å²) in [4.78, 5) is 33.9. The summed E-state index contributed by atoms with van der Waals surface area (Å²) in [6.07, 6.45) is 8.98. The maximum Gasteiger partial charge on any atom is 2.00 e. The molecule has 8 bridgehead atoms. The van der Waals surface area contributed by atoms with Gasteiger partial charge in [-0.2, -0.15) is 0 Å². The summed E-state index contributed by atoms with van der Waals surface area (Å²) in [5.74, 6) is 0.0691. The van der Waals surface area contributed by atoms with Gasteiger partial charge in [0, 0.05) is 0 Å². The van der Waals surface area contributed by atoms with Gasteiger partial charge < -0.3 is 14.7 Å². The van der Waals surface area contributed by atoms with Gasteiger partial charge >= 0.3 is 27.0 Å². The molecule has 6 nitrogen and oxygen atoms in total. The monoisotopic (exact) mass is 907 g/mol. The Kier molecular flexibility index (Phi) is 10.3. The molecule has 0 amide bonds. The van der Waals surface area contributed by atoms with E-state index in [1.807, 2.05) is 92.7 Å². The van der Waals surface area contributed by atoms with Crippen LogP contribution in [0.3, 0.4) is 0 Å². The van der Waals surface area contributed by atoms with Crippen molar-refractivity contribution in [3.05, 3.63) is 162 Å². The van der Waals surface area contributed by atoms with Gasteiger partial charge in [0.25, 0.3) is 0 Å². The normalized spacial score (nSPS) is 12.2. The van der Waals surface area contributed by atoms with Crippen molar-refractivity contribution in [2.45, 2.75) is 20.3 Å².